The Labute approximate surface area is 191 Å². The van der Waals surface area contributed by atoms with Crippen LogP contribution in [0.25, 0.3) is 17.0 Å². The van der Waals surface area contributed by atoms with Gasteiger partial charge < -0.3 is 24.5 Å². The van der Waals surface area contributed by atoms with Crippen LogP contribution in [-0.2, 0) is 9.53 Å². The van der Waals surface area contributed by atoms with Crippen molar-refractivity contribution in [2.24, 2.45) is 0 Å². The van der Waals surface area contributed by atoms with E-state index in [1.165, 1.54) is 5.69 Å². The van der Waals surface area contributed by atoms with Gasteiger partial charge in [-0.1, -0.05) is 0 Å². The van der Waals surface area contributed by atoms with Gasteiger partial charge in [0.2, 0.25) is 0 Å². The van der Waals surface area contributed by atoms with Crippen molar-refractivity contribution in [3.8, 4) is 11.5 Å². The molecule has 11 nitrogen and oxygen atoms in total. The first-order valence-corrected chi connectivity index (χ1v) is 11.4. The SMILES string of the molecule is C[C@@H]1CN(C)CCN1c1cc(N2CC3CCC(C2)O3)nn2c(-c3cc[nH]n3)ncc12.O=CO. The molecule has 0 spiro atoms. The molecule has 3 aromatic heterocycles. The predicted molar refractivity (Wildman–Crippen MR) is 124 cm³/mol. The van der Waals surface area contributed by atoms with E-state index in [4.69, 9.17) is 24.7 Å². The summed E-state index contributed by atoms with van der Waals surface area (Å²) in [6.45, 7) is 6.95. The molecule has 3 aromatic rings. The van der Waals surface area contributed by atoms with E-state index in [0.717, 1.165) is 68.4 Å². The average molecular weight is 455 g/mol. The number of piperazine rings is 1. The second-order valence-corrected chi connectivity index (χ2v) is 9.00. The van der Waals surface area contributed by atoms with Crippen molar-refractivity contribution in [2.75, 3.05) is 49.6 Å². The number of aromatic nitrogens is 5. The second-order valence-electron chi connectivity index (χ2n) is 9.00. The third-order valence-electron chi connectivity index (χ3n) is 6.71. The quantitative estimate of drug-likeness (QED) is 0.566. The standard InChI is InChI=1S/C21H28N8O.CH2O2/c1-14-11-26(2)7-8-28(14)18-9-20(27-12-15-3-4-16(13-27)30-15)25-29-19(18)10-22-21(29)17-5-6-23-24-17;2-1-3/h5-6,9-10,14-16H,3-4,7-8,11-13H2,1-2H3,(H,23,24);1H,(H,2,3)/t14-,15?,16?;/m1./s1. The van der Waals surface area contributed by atoms with E-state index >= 15 is 0 Å². The number of carbonyl (C=O) groups is 1. The molecule has 11 heteroatoms. The van der Waals surface area contributed by atoms with Crippen LogP contribution in [0.4, 0.5) is 11.5 Å². The van der Waals surface area contributed by atoms with Gasteiger partial charge in [-0.05, 0) is 32.9 Å². The Morgan fingerprint density at radius 2 is 1.97 bits per heavy atom. The van der Waals surface area contributed by atoms with E-state index in [0.29, 0.717) is 18.2 Å². The molecule has 3 aliphatic rings. The Balaban J connectivity index is 0.000000724. The van der Waals surface area contributed by atoms with Gasteiger partial charge in [0.25, 0.3) is 6.47 Å². The number of H-pyrrole nitrogens is 1. The van der Waals surface area contributed by atoms with E-state index in [-0.39, 0.29) is 6.47 Å². The summed E-state index contributed by atoms with van der Waals surface area (Å²) >= 11 is 0. The lowest BCUT2D eigenvalue weighted by atomic mass is 10.1. The van der Waals surface area contributed by atoms with Crippen LogP contribution in [0.2, 0.25) is 0 Å². The molecular weight excluding hydrogens is 424 g/mol. The molecule has 6 heterocycles. The summed E-state index contributed by atoms with van der Waals surface area (Å²) in [5.74, 6) is 1.77. The number of imidazole rings is 1. The molecule has 0 aliphatic carbocycles. The molecule has 0 amide bonds. The van der Waals surface area contributed by atoms with E-state index < -0.39 is 0 Å². The molecular formula is C22H30N8O3. The van der Waals surface area contributed by atoms with Crippen LogP contribution >= 0.6 is 0 Å². The van der Waals surface area contributed by atoms with Gasteiger partial charge in [-0.3, -0.25) is 9.89 Å². The predicted octanol–water partition coefficient (Wildman–Crippen LogP) is 1.33. The Hall–Kier alpha value is -3.18. The summed E-state index contributed by atoms with van der Waals surface area (Å²) in [6, 6.07) is 4.63. The fourth-order valence-electron chi connectivity index (χ4n) is 5.19. The zero-order valence-electron chi connectivity index (χ0n) is 19.0. The average Bonchev–Trinajstić information content (AvgIpc) is 3.53. The first-order chi connectivity index (χ1) is 16.1. The van der Waals surface area contributed by atoms with E-state index in [2.05, 4.69) is 44.9 Å². The maximum absolute atomic E-state index is 8.36. The number of rotatable bonds is 3. The molecule has 2 unspecified atom stereocenters. The van der Waals surface area contributed by atoms with E-state index in [9.17, 15) is 0 Å². The van der Waals surface area contributed by atoms with Gasteiger partial charge in [0.05, 0.1) is 24.1 Å². The smallest absolute Gasteiger partial charge is 0.290 e. The number of morpholine rings is 1. The topological polar surface area (TPSA) is 115 Å². The van der Waals surface area contributed by atoms with Gasteiger partial charge in [0, 0.05) is 51.0 Å². The number of fused-ring (bicyclic) bond motifs is 3. The number of aromatic amines is 1. The van der Waals surface area contributed by atoms with Crippen LogP contribution in [0.3, 0.4) is 0 Å². The van der Waals surface area contributed by atoms with Crippen LogP contribution in [0.15, 0.2) is 24.5 Å². The first kappa shape index (κ1) is 21.7. The first-order valence-electron chi connectivity index (χ1n) is 11.4. The zero-order chi connectivity index (χ0) is 22.9. The summed E-state index contributed by atoms with van der Waals surface area (Å²) in [7, 11) is 2.19. The molecule has 2 bridgehead atoms. The van der Waals surface area contributed by atoms with Gasteiger partial charge >= 0.3 is 0 Å². The zero-order valence-corrected chi connectivity index (χ0v) is 19.0. The number of hydrogen-bond acceptors (Lipinski definition) is 8. The van der Waals surface area contributed by atoms with Gasteiger partial charge in [0.1, 0.15) is 11.2 Å². The lowest BCUT2D eigenvalue weighted by Gasteiger charge is -2.40. The number of carboxylic acid groups (broad SMARTS) is 1. The number of nitrogens with zero attached hydrogens (tertiary/aromatic N) is 7. The lowest BCUT2D eigenvalue weighted by Crippen LogP contribution is -2.50. The molecule has 3 saturated heterocycles. The fraction of sp³-hybridized carbons (Fsp3) is 0.545. The molecule has 3 atom stereocenters. The van der Waals surface area contributed by atoms with Crippen molar-refractivity contribution in [1.29, 1.82) is 0 Å². The van der Waals surface area contributed by atoms with Crippen molar-refractivity contribution in [3.05, 3.63) is 24.5 Å². The van der Waals surface area contributed by atoms with Gasteiger partial charge in [-0.15, -0.1) is 5.10 Å². The second kappa shape index (κ2) is 8.99. The maximum atomic E-state index is 8.36. The molecule has 0 aromatic carbocycles. The highest BCUT2D eigenvalue weighted by Gasteiger charge is 2.35. The van der Waals surface area contributed by atoms with E-state index in [1.807, 2.05) is 23.0 Å². The molecule has 3 fully saturated rings. The largest absolute Gasteiger partial charge is 0.483 e. The summed E-state index contributed by atoms with van der Waals surface area (Å²) < 4.78 is 8.04. The van der Waals surface area contributed by atoms with E-state index in [1.54, 1.807) is 0 Å². The molecule has 176 valence electrons. The monoisotopic (exact) mass is 454 g/mol. The summed E-state index contributed by atoms with van der Waals surface area (Å²) in [6.07, 6.45) is 6.69. The molecule has 6 rings (SSSR count). The Bertz CT molecular complexity index is 1090. The highest BCUT2D eigenvalue weighted by Crippen LogP contribution is 2.34. The molecule has 3 aliphatic heterocycles. The van der Waals surface area contributed by atoms with Crippen molar-refractivity contribution in [2.45, 2.75) is 38.0 Å². The number of likely N-dealkylation sites (N-methyl/N-ethyl adjacent to an activating group) is 1. The van der Waals surface area contributed by atoms with Gasteiger partial charge in [0.15, 0.2) is 11.6 Å². The van der Waals surface area contributed by atoms with Crippen molar-refractivity contribution < 1.29 is 14.6 Å². The van der Waals surface area contributed by atoms with Crippen molar-refractivity contribution >= 4 is 23.5 Å². The minimum atomic E-state index is -0.250. The van der Waals surface area contributed by atoms with Crippen LogP contribution in [0.5, 0.6) is 0 Å². The third-order valence-corrected chi connectivity index (χ3v) is 6.71. The minimum absolute atomic E-state index is 0.250. The number of ether oxygens (including phenoxy) is 1. The van der Waals surface area contributed by atoms with Crippen LogP contribution in [-0.4, -0.2) is 99.3 Å². The Morgan fingerprint density at radius 3 is 2.64 bits per heavy atom. The number of anilines is 2. The fourth-order valence-corrected chi connectivity index (χ4v) is 5.19. The van der Waals surface area contributed by atoms with Crippen LogP contribution in [0, 0.1) is 0 Å². The lowest BCUT2D eigenvalue weighted by molar-refractivity contribution is -0.122. The van der Waals surface area contributed by atoms with Gasteiger partial charge in [-0.25, -0.2) is 9.50 Å². The normalized spacial score (nSPS) is 25.2. The summed E-state index contributed by atoms with van der Waals surface area (Å²) in [5.41, 5.74) is 3.04. The molecule has 0 radical (unpaired) electrons. The summed E-state index contributed by atoms with van der Waals surface area (Å²) in [5, 5.41) is 19.2. The van der Waals surface area contributed by atoms with Crippen molar-refractivity contribution in [1.82, 2.24) is 29.7 Å². The molecule has 0 saturated carbocycles. The van der Waals surface area contributed by atoms with Crippen LogP contribution in [0.1, 0.15) is 19.8 Å². The molecule has 33 heavy (non-hydrogen) atoms. The highest BCUT2D eigenvalue weighted by atomic mass is 16.5. The number of hydrogen-bond donors (Lipinski definition) is 2. The summed E-state index contributed by atoms with van der Waals surface area (Å²) in [4.78, 5) is 20.4. The van der Waals surface area contributed by atoms with Gasteiger partial charge in [-0.2, -0.15) is 5.10 Å². The van der Waals surface area contributed by atoms with Crippen molar-refractivity contribution in [3.63, 3.8) is 0 Å². The van der Waals surface area contributed by atoms with Crippen LogP contribution < -0.4 is 9.80 Å². The maximum Gasteiger partial charge on any atom is 0.290 e. The highest BCUT2D eigenvalue weighted by molar-refractivity contribution is 5.78. The Morgan fingerprint density at radius 1 is 1.21 bits per heavy atom. The number of nitrogens with one attached hydrogen (secondary N) is 1. The Kier molecular flexibility index (Phi) is 5.90. The minimum Gasteiger partial charge on any atom is -0.483 e. The molecule has 2 N–H and O–H groups in total. The third kappa shape index (κ3) is 4.13.